The van der Waals surface area contributed by atoms with Crippen LogP contribution in [0.4, 0.5) is 23.0 Å². The molecule has 0 bridgehead atoms. The lowest BCUT2D eigenvalue weighted by atomic mass is 10.0. The molecule has 31 heavy (non-hydrogen) atoms. The van der Waals surface area contributed by atoms with Crippen LogP contribution in [0.1, 0.15) is 35.7 Å². The van der Waals surface area contributed by atoms with E-state index in [-0.39, 0.29) is 22.2 Å². The fourth-order valence-corrected chi connectivity index (χ4v) is 3.17. The highest BCUT2D eigenvalue weighted by Gasteiger charge is 2.24. The second-order valence-corrected chi connectivity index (χ2v) is 7.63. The van der Waals surface area contributed by atoms with Crippen molar-refractivity contribution in [2.45, 2.75) is 19.8 Å². The van der Waals surface area contributed by atoms with Crippen LogP contribution in [-0.4, -0.2) is 20.8 Å². The number of hydrazine groups is 1. The van der Waals surface area contributed by atoms with Gasteiger partial charge in [0.2, 0.25) is 11.6 Å². The number of nitro groups is 1. The average Bonchev–Trinajstić information content (AvgIpc) is 2.72. The van der Waals surface area contributed by atoms with Crippen molar-refractivity contribution in [3.8, 4) is 0 Å². The van der Waals surface area contributed by atoms with Gasteiger partial charge in [0.15, 0.2) is 0 Å². The fourth-order valence-electron chi connectivity index (χ4n) is 2.68. The summed E-state index contributed by atoms with van der Waals surface area (Å²) in [4.78, 5) is 31.2. The van der Waals surface area contributed by atoms with Crippen LogP contribution in [-0.2, 0) is 0 Å². The summed E-state index contributed by atoms with van der Waals surface area (Å²) < 4.78 is 0. The number of carbonyl (C=O) groups is 1. The third-order valence-corrected chi connectivity index (χ3v) is 4.86. The standard InChI is InChI=1S/C20H18Cl2N6O3/c1-11(2)12-3-6-14(7-4-12)25-18-17(28(30)31)19(24-10-23-18)26-27-20(29)15-8-5-13(21)9-16(15)22/h3-11H,1-2H3,(H,27,29)(H2,23,24,25,26). The van der Waals surface area contributed by atoms with Crippen LogP contribution in [0.2, 0.25) is 10.0 Å². The summed E-state index contributed by atoms with van der Waals surface area (Å²) in [5.74, 6) is -0.484. The summed E-state index contributed by atoms with van der Waals surface area (Å²) in [6, 6.07) is 11.8. The van der Waals surface area contributed by atoms with Crippen LogP contribution in [0.15, 0.2) is 48.8 Å². The number of halogens is 2. The van der Waals surface area contributed by atoms with Gasteiger partial charge in [-0.05, 0) is 41.8 Å². The Balaban J connectivity index is 1.81. The van der Waals surface area contributed by atoms with Crippen molar-refractivity contribution >= 4 is 52.1 Å². The van der Waals surface area contributed by atoms with Crippen molar-refractivity contribution in [1.29, 1.82) is 0 Å². The summed E-state index contributed by atoms with van der Waals surface area (Å²) in [6.07, 6.45) is 1.14. The lowest BCUT2D eigenvalue weighted by molar-refractivity contribution is -0.383. The van der Waals surface area contributed by atoms with Crippen LogP contribution in [0.5, 0.6) is 0 Å². The first-order valence-corrected chi connectivity index (χ1v) is 9.89. The van der Waals surface area contributed by atoms with Gasteiger partial charge in [0.25, 0.3) is 5.91 Å². The Bertz CT molecular complexity index is 1120. The van der Waals surface area contributed by atoms with Crippen LogP contribution in [0.3, 0.4) is 0 Å². The molecule has 0 aliphatic heterocycles. The quantitative estimate of drug-likeness (QED) is 0.322. The number of carbonyl (C=O) groups excluding carboxylic acids is 1. The molecule has 1 aromatic heterocycles. The Kier molecular flexibility index (Phi) is 6.88. The number of nitrogens with zero attached hydrogens (tertiary/aromatic N) is 3. The second-order valence-electron chi connectivity index (χ2n) is 6.78. The molecule has 3 rings (SSSR count). The van der Waals surface area contributed by atoms with E-state index >= 15 is 0 Å². The van der Waals surface area contributed by atoms with Gasteiger partial charge in [-0.3, -0.25) is 25.8 Å². The molecular formula is C20H18Cl2N6O3. The van der Waals surface area contributed by atoms with Gasteiger partial charge in [0.1, 0.15) is 6.33 Å². The van der Waals surface area contributed by atoms with Gasteiger partial charge in [-0.2, -0.15) is 0 Å². The highest BCUT2D eigenvalue weighted by atomic mass is 35.5. The van der Waals surface area contributed by atoms with Crippen LogP contribution in [0.25, 0.3) is 0 Å². The van der Waals surface area contributed by atoms with Crippen LogP contribution in [0, 0.1) is 10.1 Å². The lowest BCUT2D eigenvalue weighted by Gasteiger charge is -2.12. The molecule has 3 N–H and O–H groups in total. The van der Waals surface area contributed by atoms with E-state index in [2.05, 4.69) is 40.0 Å². The molecule has 160 valence electrons. The number of hydrogen-bond acceptors (Lipinski definition) is 7. The zero-order valence-electron chi connectivity index (χ0n) is 16.5. The third kappa shape index (κ3) is 5.39. The van der Waals surface area contributed by atoms with Crippen molar-refractivity contribution in [3.63, 3.8) is 0 Å². The average molecular weight is 461 g/mol. The molecule has 0 fully saturated rings. The Morgan fingerprint density at radius 1 is 1.06 bits per heavy atom. The van der Waals surface area contributed by atoms with Crippen molar-refractivity contribution < 1.29 is 9.72 Å². The number of amides is 1. The van der Waals surface area contributed by atoms with E-state index in [4.69, 9.17) is 23.2 Å². The minimum absolute atomic E-state index is 0.0291. The van der Waals surface area contributed by atoms with E-state index in [1.54, 1.807) is 12.1 Å². The van der Waals surface area contributed by atoms with Gasteiger partial charge in [0, 0.05) is 10.7 Å². The molecule has 0 spiro atoms. The van der Waals surface area contributed by atoms with Gasteiger partial charge < -0.3 is 5.32 Å². The van der Waals surface area contributed by atoms with Gasteiger partial charge in [-0.25, -0.2) is 9.97 Å². The number of anilines is 3. The Hall–Kier alpha value is -3.43. The smallest absolute Gasteiger partial charge is 0.334 e. The van der Waals surface area contributed by atoms with Gasteiger partial charge in [-0.1, -0.05) is 49.2 Å². The molecule has 0 aliphatic rings. The second kappa shape index (κ2) is 9.59. The van der Waals surface area contributed by atoms with Crippen LogP contribution >= 0.6 is 23.2 Å². The number of rotatable bonds is 7. The molecule has 0 atom stereocenters. The number of nitrogens with one attached hydrogen (secondary N) is 3. The van der Waals surface area contributed by atoms with E-state index in [0.717, 1.165) is 11.9 Å². The molecular weight excluding hydrogens is 443 g/mol. The van der Waals surface area contributed by atoms with E-state index in [9.17, 15) is 14.9 Å². The molecule has 0 saturated carbocycles. The predicted octanol–water partition coefficient (Wildman–Crippen LogP) is 5.32. The minimum Gasteiger partial charge on any atom is -0.334 e. The molecule has 0 unspecified atom stereocenters. The van der Waals surface area contributed by atoms with Crippen molar-refractivity contribution in [3.05, 3.63) is 80.1 Å². The molecule has 0 saturated heterocycles. The number of benzene rings is 2. The number of aromatic nitrogens is 2. The topological polar surface area (TPSA) is 122 Å². The predicted molar refractivity (Wildman–Crippen MR) is 120 cm³/mol. The first-order valence-electron chi connectivity index (χ1n) is 9.14. The summed E-state index contributed by atoms with van der Waals surface area (Å²) in [5.41, 5.74) is 6.26. The normalized spacial score (nSPS) is 10.6. The van der Waals surface area contributed by atoms with E-state index in [1.165, 1.54) is 18.2 Å². The minimum atomic E-state index is -0.644. The summed E-state index contributed by atoms with van der Waals surface area (Å²) >= 11 is 11.8. The zero-order chi connectivity index (χ0) is 22.5. The van der Waals surface area contributed by atoms with Crippen LogP contribution < -0.4 is 16.2 Å². The molecule has 1 amide bonds. The highest BCUT2D eigenvalue weighted by molar-refractivity contribution is 6.36. The zero-order valence-corrected chi connectivity index (χ0v) is 18.0. The first-order chi connectivity index (χ1) is 14.8. The summed E-state index contributed by atoms with van der Waals surface area (Å²) in [6.45, 7) is 4.14. The van der Waals surface area contributed by atoms with Gasteiger partial charge in [-0.15, -0.1) is 0 Å². The maximum absolute atomic E-state index is 12.4. The molecule has 1 heterocycles. The van der Waals surface area contributed by atoms with Crippen molar-refractivity contribution in [2.24, 2.45) is 0 Å². The van der Waals surface area contributed by atoms with E-state index in [0.29, 0.717) is 16.6 Å². The maximum Gasteiger partial charge on any atom is 0.355 e. The lowest BCUT2D eigenvalue weighted by Crippen LogP contribution is -2.30. The van der Waals surface area contributed by atoms with Gasteiger partial charge in [0.05, 0.1) is 15.5 Å². The Morgan fingerprint density at radius 2 is 1.74 bits per heavy atom. The SMILES string of the molecule is CC(C)c1ccc(Nc2ncnc(NNC(=O)c3ccc(Cl)cc3Cl)c2[N+](=O)[O-])cc1. The van der Waals surface area contributed by atoms with Gasteiger partial charge >= 0.3 is 5.69 Å². The molecule has 0 aliphatic carbocycles. The molecule has 11 heteroatoms. The summed E-state index contributed by atoms with van der Waals surface area (Å²) in [7, 11) is 0. The van der Waals surface area contributed by atoms with Crippen molar-refractivity contribution in [2.75, 3.05) is 10.7 Å². The molecule has 9 nitrogen and oxygen atoms in total. The van der Waals surface area contributed by atoms with Crippen molar-refractivity contribution in [1.82, 2.24) is 15.4 Å². The largest absolute Gasteiger partial charge is 0.355 e. The third-order valence-electron chi connectivity index (χ3n) is 4.32. The summed E-state index contributed by atoms with van der Waals surface area (Å²) in [5, 5.41) is 15.1. The van der Waals surface area contributed by atoms with E-state index < -0.39 is 16.5 Å². The molecule has 2 aromatic carbocycles. The molecule has 3 aromatic rings. The molecule has 0 radical (unpaired) electrons. The van der Waals surface area contributed by atoms with E-state index in [1.807, 2.05) is 12.1 Å². The first kappa shape index (κ1) is 22.3. The fraction of sp³-hybridized carbons (Fsp3) is 0.150. The maximum atomic E-state index is 12.4. The monoisotopic (exact) mass is 460 g/mol. The number of hydrogen-bond donors (Lipinski definition) is 3. The highest BCUT2D eigenvalue weighted by Crippen LogP contribution is 2.31. The Labute approximate surface area is 187 Å². The Morgan fingerprint density at radius 3 is 2.35 bits per heavy atom.